The van der Waals surface area contributed by atoms with Gasteiger partial charge in [-0.25, -0.2) is 4.79 Å². The average Bonchev–Trinajstić information content (AvgIpc) is 3.18. The number of ketones is 2. The van der Waals surface area contributed by atoms with Gasteiger partial charge in [0.15, 0.2) is 5.78 Å². The third-order valence-electron chi connectivity index (χ3n) is 13.3. The zero-order valence-corrected chi connectivity index (χ0v) is 35.4. The summed E-state index contributed by atoms with van der Waals surface area (Å²) in [4.78, 5) is 57.8. The summed E-state index contributed by atoms with van der Waals surface area (Å²) in [7, 11) is 3.16. The van der Waals surface area contributed by atoms with Crippen molar-refractivity contribution >= 4 is 23.4 Å². The topological polar surface area (TPSA) is 169 Å². The SMILES string of the molecule is CCC1=CC(C)C[C@H](C)C[C@H](CC)C2OC(O)(C(=O)C(=O)N3CCCCC3C(=O)OC(C(C)=C[C@@H]3CCC(O)C(OC)C3)[C@H](C)C(O)CC1=O)[C@H](C)CC2OC. The molecule has 0 spiro atoms. The summed E-state index contributed by atoms with van der Waals surface area (Å²) in [6, 6.07) is -1.11. The van der Waals surface area contributed by atoms with Gasteiger partial charge < -0.3 is 39.2 Å². The smallest absolute Gasteiger partial charge is 0.329 e. The molecule has 2 bridgehead atoms. The van der Waals surface area contributed by atoms with Crippen molar-refractivity contribution < 1.29 is 53.4 Å². The second-order valence-corrected chi connectivity index (χ2v) is 17.5. The standard InChI is InChI=1S/C44H71NO11/c1-10-31-19-25(3)18-26(4)20-32(11-2)40-38(54-9)22-28(6)44(52,56-40)41(49)42(50)45-17-13-12-14-33(45)43(51)55-39(29(7)35(47)24-36(31)48)27(5)21-30-15-16-34(46)37(23-30)53-8/h19,21,25-26,28-30,32-35,37-40,46-47,52H,10-18,20,22-24H2,1-9H3/t25?,26-,28+,29+,30-,32-,33?,34?,35?,37?,38?,39?,40?,44?/m0/s1. The Kier molecular flexibility index (Phi) is 16.9. The number of piperidine rings is 1. The van der Waals surface area contributed by atoms with E-state index in [9.17, 15) is 34.5 Å². The van der Waals surface area contributed by atoms with Crippen molar-refractivity contribution in [3.63, 3.8) is 0 Å². The number of Topliss-reactive ketones (excluding diaryl/α,β-unsaturated/α-hetero) is 2. The first-order chi connectivity index (χ1) is 26.5. The maximum atomic E-state index is 14.3. The molecule has 0 aromatic heterocycles. The van der Waals surface area contributed by atoms with Crippen LogP contribution in [0.25, 0.3) is 0 Å². The van der Waals surface area contributed by atoms with E-state index in [1.165, 1.54) is 4.90 Å². The molecule has 318 valence electrons. The lowest BCUT2D eigenvalue weighted by atomic mass is 9.77. The fraction of sp³-hybridized carbons (Fsp3) is 0.818. The first-order valence-electron chi connectivity index (χ1n) is 21.3. The molecule has 56 heavy (non-hydrogen) atoms. The van der Waals surface area contributed by atoms with Crippen LogP contribution in [0.15, 0.2) is 23.3 Å². The number of aliphatic hydroxyl groups is 3. The number of hydrogen-bond acceptors (Lipinski definition) is 11. The number of amides is 1. The molecule has 1 saturated carbocycles. The maximum absolute atomic E-state index is 14.3. The Bertz CT molecular complexity index is 1430. The lowest BCUT2D eigenvalue weighted by Gasteiger charge is -2.47. The van der Waals surface area contributed by atoms with Crippen LogP contribution < -0.4 is 0 Å². The van der Waals surface area contributed by atoms with Crippen LogP contribution in [0.1, 0.15) is 126 Å². The van der Waals surface area contributed by atoms with Crippen molar-refractivity contribution in [1.82, 2.24) is 4.90 Å². The lowest BCUT2D eigenvalue weighted by Crippen LogP contribution is -2.63. The number of rotatable bonds is 6. The van der Waals surface area contributed by atoms with Crippen LogP contribution in [0, 0.1) is 35.5 Å². The van der Waals surface area contributed by atoms with Crippen LogP contribution in [-0.2, 0) is 38.1 Å². The Morgan fingerprint density at radius 1 is 0.929 bits per heavy atom. The van der Waals surface area contributed by atoms with Crippen molar-refractivity contribution in [2.75, 3.05) is 20.8 Å². The Balaban J connectivity index is 1.76. The van der Waals surface area contributed by atoms with Crippen LogP contribution in [0.4, 0.5) is 0 Å². The number of hydrogen-bond donors (Lipinski definition) is 3. The summed E-state index contributed by atoms with van der Waals surface area (Å²) in [6.07, 6.45) is 5.93. The van der Waals surface area contributed by atoms with Gasteiger partial charge in [0.25, 0.3) is 11.7 Å². The molecular formula is C44H71NO11. The van der Waals surface area contributed by atoms with Gasteiger partial charge in [0.1, 0.15) is 12.1 Å². The third kappa shape index (κ3) is 10.8. The second kappa shape index (κ2) is 20.5. The van der Waals surface area contributed by atoms with Crippen LogP contribution in [0.5, 0.6) is 0 Å². The van der Waals surface area contributed by atoms with Gasteiger partial charge in [-0.15, -0.1) is 0 Å². The van der Waals surface area contributed by atoms with Gasteiger partial charge in [0, 0.05) is 39.0 Å². The molecule has 3 N–H and O–H groups in total. The molecule has 12 heteroatoms. The summed E-state index contributed by atoms with van der Waals surface area (Å²) >= 11 is 0. The lowest BCUT2D eigenvalue weighted by molar-refractivity contribution is -0.296. The van der Waals surface area contributed by atoms with Crippen molar-refractivity contribution in [1.29, 1.82) is 0 Å². The largest absolute Gasteiger partial charge is 0.456 e. The molecule has 0 aromatic carbocycles. The number of carbonyl (C=O) groups is 4. The van der Waals surface area contributed by atoms with E-state index in [0.717, 1.165) is 6.42 Å². The molecule has 0 radical (unpaired) electrons. The molecule has 3 fully saturated rings. The molecule has 1 amide bonds. The zero-order valence-electron chi connectivity index (χ0n) is 35.4. The number of esters is 1. The number of aliphatic hydroxyl groups excluding tert-OH is 2. The van der Waals surface area contributed by atoms with E-state index in [2.05, 4.69) is 13.8 Å². The van der Waals surface area contributed by atoms with Gasteiger partial charge in [-0.3, -0.25) is 14.4 Å². The minimum Gasteiger partial charge on any atom is -0.456 e. The maximum Gasteiger partial charge on any atom is 0.329 e. The molecule has 3 heterocycles. The Labute approximate surface area is 334 Å². The number of fused-ring (bicyclic) bond motifs is 3. The monoisotopic (exact) mass is 790 g/mol. The van der Waals surface area contributed by atoms with Crippen molar-refractivity contribution in [2.24, 2.45) is 35.5 Å². The van der Waals surface area contributed by atoms with E-state index >= 15 is 0 Å². The molecule has 4 rings (SSSR count). The highest BCUT2D eigenvalue weighted by molar-refractivity contribution is 6.39. The second-order valence-electron chi connectivity index (χ2n) is 17.5. The van der Waals surface area contributed by atoms with Gasteiger partial charge in [0.05, 0.1) is 30.5 Å². The first-order valence-corrected chi connectivity index (χ1v) is 21.3. The quantitative estimate of drug-likeness (QED) is 0.177. The molecule has 3 aliphatic heterocycles. The number of cyclic esters (lactones) is 1. The summed E-state index contributed by atoms with van der Waals surface area (Å²) in [5, 5.41) is 34.1. The molecule has 0 aromatic rings. The molecule has 14 atom stereocenters. The summed E-state index contributed by atoms with van der Waals surface area (Å²) in [5.74, 6) is -6.73. The summed E-state index contributed by atoms with van der Waals surface area (Å²) < 4.78 is 24.1. The third-order valence-corrected chi connectivity index (χ3v) is 13.3. The van der Waals surface area contributed by atoms with E-state index in [-0.39, 0.29) is 54.9 Å². The number of carbonyl (C=O) groups excluding carboxylic acids is 4. The van der Waals surface area contributed by atoms with Crippen molar-refractivity contribution in [3.05, 3.63) is 23.3 Å². The predicted molar refractivity (Wildman–Crippen MR) is 211 cm³/mol. The van der Waals surface area contributed by atoms with Crippen molar-refractivity contribution in [2.45, 2.75) is 174 Å². The Hall–Kier alpha value is -2.48. The van der Waals surface area contributed by atoms with Gasteiger partial charge in [0.2, 0.25) is 5.79 Å². The molecule has 12 nitrogen and oxygen atoms in total. The highest BCUT2D eigenvalue weighted by Gasteiger charge is 2.56. The van der Waals surface area contributed by atoms with Crippen molar-refractivity contribution in [3.8, 4) is 0 Å². The van der Waals surface area contributed by atoms with Crippen LogP contribution in [0.3, 0.4) is 0 Å². The van der Waals surface area contributed by atoms with E-state index < -0.39 is 71.8 Å². The normalized spacial score (nSPS) is 40.6. The predicted octanol–water partition coefficient (Wildman–Crippen LogP) is 5.48. The first kappa shape index (κ1) is 46.2. The van der Waals surface area contributed by atoms with Crippen LogP contribution >= 0.6 is 0 Å². The Morgan fingerprint density at radius 2 is 1.62 bits per heavy atom. The van der Waals surface area contributed by atoms with Gasteiger partial charge in [-0.2, -0.15) is 0 Å². The van der Waals surface area contributed by atoms with Gasteiger partial charge >= 0.3 is 5.97 Å². The van der Waals surface area contributed by atoms with E-state index in [1.807, 2.05) is 32.9 Å². The Morgan fingerprint density at radius 3 is 2.27 bits per heavy atom. The molecule has 2 saturated heterocycles. The van der Waals surface area contributed by atoms with Gasteiger partial charge in [-0.05, 0) is 106 Å². The van der Waals surface area contributed by atoms with Crippen LogP contribution in [0.2, 0.25) is 0 Å². The van der Waals surface area contributed by atoms with E-state index in [4.69, 9.17) is 18.9 Å². The average molecular weight is 790 g/mol. The summed E-state index contributed by atoms with van der Waals surface area (Å²) in [6.45, 7) is 13.6. The molecule has 9 unspecified atom stereocenters. The number of allylic oxidation sites excluding steroid dienone is 3. The highest BCUT2D eigenvalue weighted by atomic mass is 16.7. The number of methoxy groups -OCH3 is 2. The molecular weight excluding hydrogens is 718 g/mol. The highest BCUT2D eigenvalue weighted by Crippen LogP contribution is 2.41. The van der Waals surface area contributed by atoms with Crippen LogP contribution in [-0.4, -0.2) is 113 Å². The fourth-order valence-electron chi connectivity index (χ4n) is 9.80. The number of nitrogens with zero attached hydrogens (tertiary/aromatic N) is 1. The molecule has 4 aliphatic rings. The zero-order chi connectivity index (χ0) is 41.5. The molecule has 1 aliphatic carbocycles. The van der Waals surface area contributed by atoms with E-state index in [0.29, 0.717) is 68.9 Å². The van der Waals surface area contributed by atoms with Gasteiger partial charge in [-0.1, -0.05) is 60.1 Å². The fourth-order valence-corrected chi connectivity index (χ4v) is 9.80. The minimum atomic E-state index is -2.42. The summed E-state index contributed by atoms with van der Waals surface area (Å²) in [5.41, 5.74) is 1.32. The number of ether oxygens (including phenoxy) is 4. The minimum absolute atomic E-state index is 0.00844. The van der Waals surface area contributed by atoms with E-state index in [1.54, 1.807) is 28.1 Å².